The molecule has 0 N–H and O–H groups in total. The van der Waals surface area contributed by atoms with Gasteiger partial charge < -0.3 is 4.42 Å². The lowest BCUT2D eigenvalue weighted by Gasteiger charge is -2.10. The highest BCUT2D eigenvalue weighted by Gasteiger charge is 2.21. The summed E-state index contributed by atoms with van der Waals surface area (Å²) >= 11 is 0. The van der Waals surface area contributed by atoms with Crippen molar-refractivity contribution >= 4 is 33.0 Å². The van der Waals surface area contributed by atoms with Gasteiger partial charge in [-0.05, 0) is 18.2 Å². The van der Waals surface area contributed by atoms with Gasteiger partial charge in [0.1, 0.15) is 11.1 Å². The van der Waals surface area contributed by atoms with E-state index >= 15 is 0 Å². The summed E-state index contributed by atoms with van der Waals surface area (Å²) < 4.78 is 6.28. The van der Waals surface area contributed by atoms with E-state index in [9.17, 15) is 0 Å². The summed E-state index contributed by atoms with van der Waals surface area (Å²) in [6.45, 7) is 0. The summed E-state index contributed by atoms with van der Waals surface area (Å²) in [7, 11) is 0. The van der Waals surface area contributed by atoms with E-state index in [-0.39, 0.29) is 0 Å². The van der Waals surface area contributed by atoms with Crippen LogP contribution in [-0.2, 0) is 0 Å². The number of aromatic nitrogens is 4. The van der Waals surface area contributed by atoms with Crippen LogP contribution in [0, 0.1) is 0 Å². The van der Waals surface area contributed by atoms with Crippen molar-refractivity contribution in [2.24, 2.45) is 0 Å². The number of furan rings is 1. The van der Waals surface area contributed by atoms with E-state index in [1.807, 2.05) is 97.1 Å². The van der Waals surface area contributed by atoms with Crippen molar-refractivity contribution in [2.75, 3.05) is 0 Å². The molecule has 3 aromatic heterocycles. The van der Waals surface area contributed by atoms with E-state index in [0.717, 1.165) is 44.2 Å². The first kappa shape index (κ1) is 19.6. The van der Waals surface area contributed by atoms with Crippen LogP contribution in [0.25, 0.3) is 67.1 Å². The molecule has 5 heteroatoms. The highest BCUT2D eigenvalue weighted by Crippen LogP contribution is 2.36. The zero-order chi connectivity index (χ0) is 23.2. The van der Waals surface area contributed by atoms with Crippen LogP contribution in [0.5, 0.6) is 0 Å². The predicted octanol–water partition coefficient (Wildman–Crippen LogP) is 7.32. The van der Waals surface area contributed by atoms with Crippen LogP contribution in [0.4, 0.5) is 0 Å². The lowest BCUT2D eigenvalue weighted by molar-refractivity contribution is 0.666. The SMILES string of the molecule is c1ccc(-c2nc(-c3nc(-c4ccccc4)c4ccccc4n3)c3oc4ccccc4c3n2)cc1. The molecule has 5 nitrogen and oxygen atoms in total. The Morgan fingerprint density at radius 3 is 1.89 bits per heavy atom. The third-order valence-corrected chi connectivity index (χ3v) is 6.11. The average molecular weight is 451 g/mol. The van der Waals surface area contributed by atoms with Crippen LogP contribution < -0.4 is 0 Å². The van der Waals surface area contributed by atoms with Crippen molar-refractivity contribution in [1.82, 2.24) is 19.9 Å². The first-order valence-corrected chi connectivity index (χ1v) is 11.4. The van der Waals surface area contributed by atoms with Gasteiger partial charge in [-0.1, -0.05) is 91.0 Å². The second kappa shape index (κ2) is 7.85. The number of fused-ring (bicyclic) bond motifs is 4. The van der Waals surface area contributed by atoms with Crippen LogP contribution in [0.15, 0.2) is 114 Å². The topological polar surface area (TPSA) is 64.7 Å². The van der Waals surface area contributed by atoms with Gasteiger partial charge in [-0.3, -0.25) is 0 Å². The normalized spacial score (nSPS) is 11.4. The lowest BCUT2D eigenvalue weighted by Crippen LogP contribution is -1.99. The molecule has 0 fully saturated rings. The first-order valence-electron chi connectivity index (χ1n) is 11.4. The predicted molar refractivity (Wildman–Crippen MR) is 139 cm³/mol. The monoisotopic (exact) mass is 450 g/mol. The van der Waals surface area contributed by atoms with E-state index in [1.165, 1.54) is 0 Å². The van der Waals surface area contributed by atoms with Gasteiger partial charge in [0, 0.05) is 21.9 Å². The number of benzene rings is 4. The third-order valence-electron chi connectivity index (χ3n) is 6.11. The van der Waals surface area contributed by atoms with E-state index in [0.29, 0.717) is 22.9 Å². The molecule has 0 radical (unpaired) electrons. The minimum atomic E-state index is 0.506. The maximum Gasteiger partial charge on any atom is 0.183 e. The molecule has 0 amide bonds. The molecular formula is C30H18N4O. The molecular weight excluding hydrogens is 432 g/mol. The van der Waals surface area contributed by atoms with Gasteiger partial charge in [0.25, 0.3) is 0 Å². The minimum absolute atomic E-state index is 0.506. The molecule has 164 valence electrons. The van der Waals surface area contributed by atoms with Crippen LogP contribution in [-0.4, -0.2) is 19.9 Å². The summed E-state index contributed by atoms with van der Waals surface area (Å²) in [5, 5.41) is 1.92. The second-order valence-corrected chi connectivity index (χ2v) is 8.32. The van der Waals surface area contributed by atoms with E-state index in [2.05, 4.69) is 12.1 Å². The molecule has 0 atom stereocenters. The van der Waals surface area contributed by atoms with Crippen molar-refractivity contribution in [1.29, 1.82) is 0 Å². The fourth-order valence-corrected chi connectivity index (χ4v) is 4.46. The van der Waals surface area contributed by atoms with E-state index in [1.54, 1.807) is 0 Å². The molecule has 0 saturated carbocycles. The summed E-state index contributed by atoms with van der Waals surface area (Å²) in [6.07, 6.45) is 0. The lowest BCUT2D eigenvalue weighted by atomic mass is 10.1. The fourth-order valence-electron chi connectivity index (χ4n) is 4.46. The fraction of sp³-hybridized carbons (Fsp3) is 0. The molecule has 0 spiro atoms. The van der Waals surface area contributed by atoms with Gasteiger partial charge in [0.05, 0.1) is 11.2 Å². The Bertz CT molecular complexity index is 1840. The molecule has 0 unspecified atom stereocenters. The molecule has 4 aromatic carbocycles. The van der Waals surface area contributed by atoms with Gasteiger partial charge in [0.15, 0.2) is 22.9 Å². The van der Waals surface area contributed by atoms with Gasteiger partial charge in [-0.2, -0.15) is 0 Å². The third kappa shape index (κ3) is 3.25. The van der Waals surface area contributed by atoms with Crippen LogP contribution >= 0.6 is 0 Å². The van der Waals surface area contributed by atoms with Crippen molar-refractivity contribution in [3.63, 3.8) is 0 Å². The zero-order valence-corrected chi connectivity index (χ0v) is 18.6. The maximum absolute atomic E-state index is 6.28. The number of rotatable bonds is 3. The van der Waals surface area contributed by atoms with Crippen LogP contribution in [0.1, 0.15) is 0 Å². The Balaban J connectivity index is 1.58. The molecule has 3 heterocycles. The zero-order valence-electron chi connectivity index (χ0n) is 18.6. The standard InChI is InChI=1S/C30H18N4O/c1-3-11-19(12-4-1)25-21-15-7-9-17-23(21)31-30(32-25)27-28-26(22-16-8-10-18-24(22)35-28)33-29(34-27)20-13-5-2-6-14-20/h1-18H. The molecule has 7 rings (SSSR count). The number of nitrogens with zero attached hydrogens (tertiary/aromatic N) is 4. The van der Waals surface area contributed by atoms with Gasteiger partial charge in [-0.25, -0.2) is 19.9 Å². The number of hydrogen-bond donors (Lipinski definition) is 0. The first-order chi connectivity index (χ1) is 17.3. The second-order valence-electron chi connectivity index (χ2n) is 8.32. The van der Waals surface area contributed by atoms with Gasteiger partial charge in [-0.15, -0.1) is 0 Å². The van der Waals surface area contributed by atoms with Crippen LogP contribution in [0.2, 0.25) is 0 Å². The smallest absolute Gasteiger partial charge is 0.183 e. The maximum atomic E-state index is 6.28. The van der Waals surface area contributed by atoms with Crippen molar-refractivity contribution < 1.29 is 4.42 Å². The molecule has 0 aliphatic heterocycles. The Kier molecular flexibility index (Phi) is 4.39. The van der Waals surface area contributed by atoms with Gasteiger partial charge >= 0.3 is 0 Å². The molecule has 7 aromatic rings. The Labute approximate surface area is 200 Å². The van der Waals surface area contributed by atoms with E-state index < -0.39 is 0 Å². The Morgan fingerprint density at radius 1 is 0.457 bits per heavy atom. The summed E-state index contributed by atoms with van der Waals surface area (Å²) in [5.41, 5.74) is 6.31. The quantitative estimate of drug-likeness (QED) is 0.282. The summed E-state index contributed by atoms with van der Waals surface area (Å²) in [5.74, 6) is 1.11. The van der Waals surface area contributed by atoms with Crippen molar-refractivity contribution in [2.45, 2.75) is 0 Å². The summed E-state index contributed by atoms with van der Waals surface area (Å²) in [4.78, 5) is 19.8. The Hall–Kier alpha value is -4.90. The molecule has 0 aliphatic rings. The minimum Gasteiger partial charge on any atom is -0.452 e. The highest BCUT2D eigenvalue weighted by atomic mass is 16.3. The van der Waals surface area contributed by atoms with E-state index in [4.69, 9.17) is 24.4 Å². The number of para-hydroxylation sites is 2. The average Bonchev–Trinajstić information content (AvgIpc) is 3.31. The molecule has 0 aliphatic carbocycles. The highest BCUT2D eigenvalue weighted by molar-refractivity contribution is 6.07. The van der Waals surface area contributed by atoms with Crippen molar-refractivity contribution in [3.8, 4) is 34.2 Å². The van der Waals surface area contributed by atoms with Gasteiger partial charge in [0.2, 0.25) is 0 Å². The largest absolute Gasteiger partial charge is 0.452 e. The summed E-state index contributed by atoms with van der Waals surface area (Å²) in [6, 6.07) is 36.1. The molecule has 0 saturated heterocycles. The van der Waals surface area contributed by atoms with Crippen molar-refractivity contribution in [3.05, 3.63) is 109 Å². The number of hydrogen-bond acceptors (Lipinski definition) is 5. The Morgan fingerprint density at radius 2 is 1.09 bits per heavy atom. The van der Waals surface area contributed by atoms with Crippen LogP contribution in [0.3, 0.4) is 0 Å². The molecule has 0 bridgehead atoms. The molecule has 35 heavy (non-hydrogen) atoms.